The highest BCUT2D eigenvalue weighted by molar-refractivity contribution is 6.02. The zero-order valence-electron chi connectivity index (χ0n) is 37.5. The first-order valence-electron chi connectivity index (χ1n) is 22.5. The fourth-order valence-corrected chi connectivity index (χ4v) is 8.51. The zero-order chi connectivity index (χ0) is 47.4. The smallest absolute Gasteiger partial charge is 0.246 e. The predicted molar refractivity (Wildman–Crippen MR) is 267 cm³/mol. The second kappa shape index (κ2) is 19.0. The van der Waals surface area contributed by atoms with E-state index in [1.54, 1.807) is 23.4 Å². The van der Waals surface area contributed by atoms with E-state index in [2.05, 4.69) is 92.5 Å². The average Bonchev–Trinajstić information content (AvgIpc) is 4.23. The van der Waals surface area contributed by atoms with E-state index in [4.69, 9.17) is 15.5 Å². The second-order valence-corrected chi connectivity index (χ2v) is 16.7. The van der Waals surface area contributed by atoms with Crippen LogP contribution in [0, 0.1) is 0 Å². The molecule has 12 rings (SSSR count). The largest absolute Gasteiger partial charge is 0.409 e. The second-order valence-electron chi connectivity index (χ2n) is 16.7. The summed E-state index contributed by atoms with van der Waals surface area (Å²) in [4.78, 5) is 35.8. The number of benzene rings is 6. The molecule has 1 fully saturated rings. The molecule has 1 aliphatic rings. The van der Waals surface area contributed by atoms with Crippen LogP contribution in [0.4, 0.5) is 23.0 Å². The fourth-order valence-electron chi connectivity index (χ4n) is 8.51. The Labute approximate surface area is 399 Å². The first-order chi connectivity index (χ1) is 34.4. The highest BCUT2D eigenvalue weighted by Gasteiger charge is 2.23. The molecule has 1 aliphatic heterocycles. The van der Waals surface area contributed by atoms with Crippen LogP contribution in [0.5, 0.6) is 0 Å². The summed E-state index contributed by atoms with van der Waals surface area (Å²) in [5.74, 6) is 2.33. The van der Waals surface area contributed by atoms with Gasteiger partial charge in [0.15, 0.2) is 5.84 Å². The molecular formula is C52H43N15O3. The Bertz CT molecular complexity index is 3700. The average molecular weight is 926 g/mol. The van der Waals surface area contributed by atoms with Crippen molar-refractivity contribution in [1.29, 1.82) is 0 Å². The van der Waals surface area contributed by atoms with Gasteiger partial charge in [-0.25, -0.2) is 19.9 Å². The van der Waals surface area contributed by atoms with Crippen molar-refractivity contribution in [2.75, 3.05) is 17.2 Å². The maximum Gasteiger partial charge on any atom is 0.246 e. The standard InChI is InChI=1S/C29H24N8O2.C23H19N7O/c38-27-7-4-12-36(27)17-26-34-28(35-39-26)20-8-10-24-23(14-20)29(31-18-30-24)33-22-9-11-25-21(13-22)15-32-37(25)16-19-5-2-1-3-6-19;24-22(29-31)16-6-8-20-19(11-16)23(26-14-25-20)28-18-7-9-21-17(10-18)12-27-30(21)13-15-4-2-1-3-5-15/h1-3,5-6,8-11,13-15,18H,4,7,12,16-17H2,(H,30,31,33);1-12,14,31H,13H2,(H2,24,29)(H,25,26,28). The number of carbonyl (C=O) groups excluding carboxylic acids is 1. The van der Waals surface area contributed by atoms with E-state index >= 15 is 0 Å². The molecule has 0 atom stereocenters. The molecular weight excluding hydrogens is 883 g/mol. The van der Waals surface area contributed by atoms with E-state index in [1.165, 1.54) is 17.5 Å². The summed E-state index contributed by atoms with van der Waals surface area (Å²) in [5, 5.41) is 35.8. The zero-order valence-corrected chi connectivity index (χ0v) is 37.5. The number of aromatic nitrogens is 10. The number of amidine groups is 1. The third-order valence-corrected chi connectivity index (χ3v) is 12.1. The molecule has 5 aromatic heterocycles. The number of carbonyl (C=O) groups is 1. The van der Waals surface area contributed by atoms with Crippen LogP contribution in [0.2, 0.25) is 0 Å². The van der Waals surface area contributed by atoms with Crippen LogP contribution in [-0.4, -0.2) is 78.0 Å². The minimum Gasteiger partial charge on any atom is -0.409 e. The van der Waals surface area contributed by atoms with Crippen molar-refractivity contribution in [3.63, 3.8) is 0 Å². The van der Waals surface area contributed by atoms with Gasteiger partial charge in [0.1, 0.15) is 24.3 Å². The van der Waals surface area contributed by atoms with E-state index in [0.717, 1.165) is 73.5 Å². The van der Waals surface area contributed by atoms with Crippen molar-refractivity contribution in [3.05, 3.63) is 181 Å². The summed E-state index contributed by atoms with van der Waals surface area (Å²) in [6.45, 7) is 2.48. The Kier molecular flexibility index (Phi) is 11.7. The maximum absolute atomic E-state index is 11.9. The third-order valence-electron chi connectivity index (χ3n) is 12.1. The summed E-state index contributed by atoms with van der Waals surface area (Å²) in [6.07, 6.45) is 8.22. The number of anilines is 4. The summed E-state index contributed by atoms with van der Waals surface area (Å²) >= 11 is 0. The van der Waals surface area contributed by atoms with Crippen LogP contribution in [0.25, 0.3) is 55.0 Å². The van der Waals surface area contributed by atoms with Crippen LogP contribution in [0.3, 0.4) is 0 Å². The van der Waals surface area contributed by atoms with Gasteiger partial charge in [-0.05, 0) is 90.3 Å². The first-order valence-corrected chi connectivity index (χ1v) is 22.5. The van der Waals surface area contributed by atoms with E-state index in [9.17, 15) is 4.79 Å². The summed E-state index contributed by atoms with van der Waals surface area (Å²) in [7, 11) is 0. The van der Waals surface area contributed by atoms with Gasteiger partial charge in [0.05, 0.1) is 54.1 Å². The number of oxime groups is 1. The van der Waals surface area contributed by atoms with E-state index in [0.29, 0.717) is 55.0 Å². The number of nitrogens with zero attached hydrogens (tertiary/aromatic N) is 12. The van der Waals surface area contributed by atoms with Gasteiger partial charge in [0.2, 0.25) is 17.6 Å². The highest BCUT2D eigenvalue weighted by Crippen LogP contribution is 2.30. The molecule has 6 heterocycles. The molecule has 18 nitrogen and oxygen atoms in total. The van der Waals surface area contributed by atoms with Crippen LogP contribution in [0.15, 0.2) is 168 Å². The molecule has 70 heavy (non-hydrogen) atoms. The Morgan fingerprint density at radius 1 is 0.671 bits per heavy atom. The molecule has 0 radical (unpaired) electrons. The predicted octanol–water partition coefficient (Wildman–Crippen LogP) is 8.81. The first kappa shape index (κ1) is 43.0. The quantitative estimate of drug-likeness (QED) is 0.0389. The van der Waals surface area contributed by atoms with Crippen LogP contribution < -0.4 is 16.4 Å². The molecule has 11 aromatic rings. The normalized spacial score (nSPS) is 12.8. The van der Waals surface area contributed by atoms with Gasteiger partial charge in [-0.15, -0.1) is 0 Å². The van der Waals surface area contributed by atoms with Crippen molar-refractivity contribution in [2.45, 2.75) is 32.5 Å². The van der Waals surface area contributed by atoms with E-state index in [1.807, 2.05) is 107 Å². The Morgan fingerprint density at radius 3 is 1.83 bits per heavy atom. The van der Waals surface area contributed by atoms with Crippen LogP contribution in [0.1, 0.15) is 35.4 Å². The maximum atomic E-state index is 11.9. The molecule has 0 aliphatic carbocycles. The molecule has 1 amide bonds. The van der Waals surface area contributed by atoms with Crippen molar-refractivity contribution < 1.29 is 14.5 Å². The molecule has 1 saturated heterocycles. The van der Waals surface area contributed by atoms with Gasteiger partial charge in [-0.3, -0.25) is 14.2 Å². The Balaban J connectivity index is 0.000000157. The van der Waals surface area contributed by atoms with Gasteiger partial charge in [-0.2, -0.15) is 15.2 Å². The number of nitrogens with two attached hydrogens (primary N) is 1. The molecule has 6 aromatic carbocycles. The minimum absolute atomic E-state index is 0.0314. The molecule has 5 N–H and O–H groups in total. The van der Waals surface area contributed by atoms with Crippen molar-refractivity contribution >= 4 is 78.4 Å². The summed E-state index contributed by atoms with van der Waals surface area (Å²) < 4.78 is 9.42. The number of likely N-dealkylation sites (tertiary alicyclic amines) is 1. The lowest BCUT2D eigenvalue weighted by molar-refractivity contribution is -0.128. The third kappa shape index (κ3) is 9.11. The topological polar surface area (TPSA) is 229 Å². The van der Waals surface area contributed by atoms with Gasteiger partial charge in [0, 0.05) is 57.0 Å². The molecule has 0 unspecified atom stereocenters. The monoisotopic (exact) mass is 925 g/mol. The molecule has 344 valence electrons. The Hall–Kier alpha value is -9.58. The van der Waals surface area contributed by atoms with Gasteiger partial charge in [0.25, 0.3) is 0 Å². The number of hydrogen-bond acceptors (Lipinski definition) is 14. The Morgan fingerprint density at radius 2 is 1.26 bits per heavy atom. The number of rotatable bonds is 12. The molecule has 18 heteroatoms. The molecule has 0 spiro atoms. The van der Waals surface area contributed by atoms with Crippen molar-refractivity contribution in [2.24, 2.45) is 10.9 Å². The van der Waals surface area contributed by atoms with Crippen molar-refractivity contribution in [1.82, 2.24) is 54.5 Å². The van der Waals surface area contributed by atoms with Gasteiger partial charge in [-0.1, -0.05) is 71.0 Å². The van der Waals surface area contributed by atoms with Crippen molar-refractivity contribution in [3.8, 4) is 11.4 Å². The van der Waals surface area contributed by atoms with E-state index < -0.39 is 0 Å². The number of amides is 1. The number of hydrogen-bond donors (Lipinski definition) is 4. The molecule has 0 bridgehead atoms. The van der Waals surface area contributed by atoms with Crippen LogP contribution in [-0.2, 0) is 24.4 Å². The lowest BCUT2D eigenvalue weighted by atomic mass is 10.1. The number of nitrogens with one attached hydrogen (secondary N) is 2. The number of fused-ring (bicyclic) bond motifs is 4. The summed E-state index contributed by atoms with van der Waals surface area (Å²) in [6, 6.07) is 43.9. The SMILES string of the molecule is NC(=NO)c1ccc2ncnc(Nc3ccc4c(cnn4Cc4ccccc4)c3)c2c1.O=C1CCCN1Cc1nc(-c2ccc3ncnc(Nc4ccc5c(cnn5Cc5ccccc5)c4)c3c2)no1. The molecule has 0 saturated carbocycles. The van der Waals surface area contributed by atoms with Gasteiger partial charge >= 0.3 is 0 Å². The minimum atomic E-state index is 0.0314. The van der Waals surface area contributed by atoms with Gasteiger partial charge < -0.3 is 31.0 Å². The summed E-state index contributed by atoms with van der Waals surface area (Å²) in [5.41, 5.74) is 14.9. The van der Waals surface area contributed by atoms with E-state index in [-0.39, 0.29) is 11.7 Å². The lowest BCUT2D eigenvalue weighted by Gasteiger charge is -2.11. The van der Waals surface area contributed by atoms with Crippen LogP contribution >= 0.6 is 0 Å². The lowest BCUT2D eigenvalue weighted by Crippen LogP contribution is -2.23. The highest BCUT2D eigenvalue weighted by atomic mass is 16.5. The fraction of sp³-hybridized carbons (Fsp3) is 0.115.